The first-order chi connectivity index (χ1) is 17.8. The first-order valence-electron chi connectivity index (χ1n) is 12.3. The van der Waals surface area contributed by atoms with E-state index in [4.69, 9.17) is 16.0 Å². The topological polar surface area (TPSA) is 95.3 Å². The maximum atomic E-state index is 14.2. The Morgan fingerprint density at radius 2 is 1.89 bits per heavy atom. The summed E-state index contributed by atoms with van der Waals surface area (Å²) < 4.78 is 20.3. The zero-order chi connectivity index (χ0) is 27.6. The molecule has 38 heavy (non-hydrogen) atoms. The van der Waals surface area contributed by atoms with Gasteiger partial charge in [-0.05, 0) is 44.4 Å². The van der Waals surface area contributed by atoms with Gasteiger partial charge in [0, 0.05) is 42.0 Å². The lowest BCUT2D eigenvalue weighted by molar-refractivity contribution is -0.129. The minimum atomic E-state index is -1.13. The van der Waals surface area contributed by atoms with Crippen molar-refractivity contribution in [3.8, 4) is 11.3 Å². The van der Waals surface area contributed by atoms with Gasteiger partial charge < -0.3 is 9.32 Å². The average Bonchev–Trinajstić information content (AvgIpc) is 3.47. The van der Waals surface area contributed by atoms with Gasteiger partial charge in [0.1, 0.15) is 16.9 Å². The number of rotatable bonds is 3. The van der Waals surface area contributed by atoms with Crippen molar-refractivity contribution >= 4 is 40.3 Å². The molecule has 4 aromatic rings. The van der Waals surface area contributed by atoms with E-state index in [1.165, 1.54) is 17.0 Å². The molecule has 10 heteroatoms. The Kier molecular flexibility index (Phi) is 6.10. The quantitative estimate of drug-likeness (QED) is 0.352. The van der Waals surface area contributed by atoms with Gasteiger partial charge in [-0.3, -0.25) is 19.6 Å². The van der Waals surface area contributed by atoms with Crippen LogP contribution in [0.4, 0.5) is 10.2 Å². The number of carbonyl (C=O) groups excluding carboxylic acids is 2. The second kappa shape index (κ2) is 8.94. The summed E-state index contributed by atoms with van der Waals surface area (Å²) in [4.78, 5) is 34.9. The molecule has 2 amide bonds. The number of pyridine rings is 1. The number of hydrogen-bond acceptors (Lipinski definition) is 5. The van der Waals surface area contributed by atoms with Crippen molar-refractivity contribution in [1.29, 1.82) is 0 Å². The number of aromatic amines is 1. The van der Waals surface area contributed by atoms with Crippen LogP contribution in [0.1, 0.15) is 56.4 Å². The number of benzene rings is 1. The molecule has 1 aliphatic heterocycles. The number of H-pyrrole nitrogens is 1. The maximum Gasteiger partial charge on any atom is 0.290 e. The van der Waals surface area contributed by atoms with Gasteiger partial charge in [0.05, 0.1) is 10.7 Å². The molecule has 3 aromatic heterocycles. The molecule has 1 aromatic carbocycles. The van der Waals surface area contributed by atoms with E-state index in [2.05, 4.69) is 15.2 Å². The third-order valence-corrected chi connectivity index (χ3v) is 7.22. The van der Waals surface area contributed by atoms with Gasteiger partial charge in [0.2, 0.25) is 0 Å². The van der Waals surface area contributed by atoms with Crippen molar-refractivity contribution < 1.29 is 18.4 Å². The number of furan rings is 1. The molecular weight excluding hydrogens is 509 g/mol. The third-order valence-electron chi connectivity index (χ3n) is 6.92. The van der Waals surface area contributed by atoms with E-state index < -0.39 is 17.3 Å². The largest absolute Gasteiger partial charge is 0.449 e. The van der Waals surface area contributed by atoms with Crippen LogP contribution in [0.3, 0.4) is 0 Å². The molecule has 1 fully saturated rings. The molecule has 0 atom stereocenters. The summed E-state index contributed by atoms with van der Waals surface area (Å²) in [6, 6.07) is 9.76. The maximum absolute atomic E-state index is 14.2. The van der Waals surface area contributed by atoms with Crippen LogP contribution in [0.2, 0.25) is 5.02 Å². The minimum absolute atomic E-state index is 0.0294. The Balaban J connectivity index is 1.53. The number of piperazine rings is 1. The van der Waals surface area contributed by atoms with E-state index in [1.54, 1.807) is 36.9 Å². The van der Waals surface area contributed by atoms with Gasteiger partial charge >= 0.3 is 0 Å². The Labute approximate surface area is 224 Å². The number of amides is 2. The second-order valence-corrected chi connectivity index (χ2v) is 11.5. The van der Waals surface area contributed by atoms with Crippen molar-refractivity contribution in [1.82, 2.24) is 20.1 Å². The molecule has 0 saturated carbocycles. The Morgan fingerprint density at radius 1 is 1.16 bits per heavy atom. The first-order valence-corrected chi connectivity index (χ1v) is 12.7. The molecule has 0 unspecified atom stereocenters. The molecule has 1 N–H and O–H groups in total. The van der Waals surface area contributed by atoms with Crippen molar-refractivity contribution in [2.24, 2.45) is 0 Å². The van der Waals surface area contributed by atoms with Crippen LogP contribution in [0.25, 0.3) is 22.4 Å². The standard InChI is InChI=1S/C28H29ClFN5O3/c1-15-11-23(33-32-15)34-9-10-35(28(5,6)26(34)37)25(36)22-14-21-24(38-22)17(27(2,3)4)13-20(31-21)16-7-8-18(29)19(30)12-16/h7-8,11-14H,9-10H2,1-6H3,(H,32,33). The molecule has 5 rings (SSSR count). The number of anilines is 1. The van der Waals surface area contributed by atoms with Crippen LogP contribution >= 0.6 is 11.6 Å². The molecule has 1 saturated heterocycles. The lowest BCUT2D eigenvalue weighted by Crippen LogP contribution is -2.64. The number of carbonyl (C=O) groups is 2. The fourth-order valence-corrected chi connectivity index (χ4v) is 4.88. The first kappa shape index (κ1) is 25.9. The SMILES string of the molecule is Cc1cc(N2CCN(C(=O)c3cc4nc(-c5ccc(Cl)c(F)c5)cc(C(C)(C)C)c4o3)C(C)(C)C2=O)n[nH]1. The Bertz CT molecular complexity index is 1580. The monoisotopic (exact) mass is 537 g/mol. The molecule has 1 aliphatic rings. The smallest absolute Gasteiger partial charge is 0.290 e. The predicted octanol–water partition coefficient (Wildman–Crippen LogP) is 5.88. The predicted molar refractivity (Wildman–Crippen MR) is 144 cm³/mol. The number of fused-ring (bicyclic) bond motifs is 1. The molecule has 0 spiro atoms. The molecular formula is C28H29ClFN5O3. The van der Waals surface area contributed by atoms with E-state index in [1.807, 2.05) is 33.8 Å². The summed E-state index contributed by atoms with van der Waals surface area (Å²) in [5, 5.41) is 7.09. The van der Waals surface area contributed by atoms with Crippen molar-refractivity contribution in [2.45, 2.75) is 52.5 Å². The summed E-state index contributed by atoms with van der Waals surface area (Å²) in [7, 11) is 0. The highest BCUT2D eigenvalue weighted by Gasteiger charge is 2.46. The van der Waals surface area contributed by atoms with Crippen LogP contribution in [0.15, 0.2) is 40.8 Å². The highest BCUT2D eigenvalue weighted by molar-refractivity contribution is 6.30. The number of halogens is 2. The number of nitrogens with one attached hydrogen (secondary N) is 1. The highest BCUT2D eigenvalue weighted by atomic mass is 35.5. The third kappa shape index (κ3) is 4.34. The van der Waals surface area contributed by atoms with Crippen molar-refractivity contribution in [2.75, 3.05) is 18.0 Å². The molecule has 0 bridgehead atoms. The van der Waals surface area contributed by atoms with Crippen LogP contribution in [0.5, 0.6) is 0 Å². The minimum Gasteiger partial charge on any atom is -0.449 e. The number of aryl methyl sites for hydroxylation is 1. The lowest BCUT2D eigenvalue weighted by atomic mass is 9.86. The number of aromatic nitrogens is 3. The van der Waals surface area contributed by atoms with Crippen LogP contribution in [-0.2, 0) is 10.2 Å². The zero-order valence-electron chi connectivity index (χ0n) is 22.1. The van der Waals surface area contributed by atoms with Gasteiger partial charge in [-0.15, -0.1) is 0 Å². The van der Waals surface area contributed by atoms with Crippen molar-refractivity contribution in [3.05, 3.63) is 64.3 Å². The average molecular weight is 538 g/mol. The molecule has 4 heterocycles. The van der Waals surface area contributed by atoms with Crippen LogP contribution in [-0.4, -0.2) is 50.5 Å². The molecule has 8 nitrogen and oxygen atoms in total. The molecule has 0 aliphatic carbocycles. The van der Waals surface area contributed by atoms with E-state index in [0.29, 0.717) is 41.3 Å². The summed E-state index contributed by atoms with van der Waals surface area (Å²) in [6.07, 6.45) is 0. The van der Waals surface area contributed by atoms with Gasteiger partial charge in [-0.1, -0.05) is 38.4 Å². The van der Waals surface area contributed by atoms with Gasteiger partial charge in [-0.2, -0.15) is 5.10 Å². The van der Waals surface area contributed by atoms with E-state index >= 15 is 0 Å². The second-order valence-electron chi connectivity index (χ2n) is 11.1. The van der Waals surface area contributed by atoms with E-state index in [9.17, 15) is 14.0 Å². The number of nitrogens with zero attached hydrogens (tertiary/aromatic N) is 4. The Morgan fingerprint density at radius 3 is 2.53 bits per heavy atom. The summed E-state index contributed by atoms with van der Waals surface area (Å²) in [5.74, 6) is -0.565. The summed E-state index contributed by atoms with van der Waals surface area (Å²) in [5.41, 5.74) is 2.22. The fraction of sp³-hybridized carbons (Fsp3) is 0.357. The Hall–Kier alpha value is -3.72. The lowest BCUT2D eigenvalue weighted by Gasteiger charge is -2.44. The van der Waals surface area contributed by atoms with E-state index in [0.717, 1.165) is 11.3 Å². The molecule has 0 radical (unpaired) electrons. The molecule has 198 valence electrons. The van der Waals surface area contributed by atoms with Gasteiger partial charge in [0.25, 0.3) is 11.8 Å². The van der Waals surface area contributed by atoms with Crippen LogP contribution in [0, 0.1) is 12.7 Å². The van der Waals surface area contributed by atoms with Crippen LogP contribution < -0.4 is 4.90 Å². The summed E-state index contributed by atoms with van der Waals surface area (Å²) in [6.45, 7) is 12.0. The zero-order valence-corrected chi connectivity index (χ0v) is 22.9. The van der Waals surface area contributed by atoms with Gasteiger partial charge in [0.15, 0.2) is 17.2 Å². The normalized spacial score (nSPS) is 15.9. The fourth-order valence-electron chi connectivity index (χ4n) is 4.76. The van der Waals surface area contributed by atoms with E-state index in [-0.39, 0.29) is 22.1 Å². The summed E-state index contributed by atoms with van der Waals surface area (Å²) >= 11 is 5.87. The van der Waals surface area contributed by atoms with Crippen molar-refractivity contribution in [3.63, 3.8) is 0 Å². The number of hydrogen-bond donors (Lipinski definition) is 1. The highest BCUT2D eigenvalue weighted by Crippen LogP contribution is 2.36. The van der Waals surface area contributed by atoms with Gasteiger partial charge in [-0.25, -0.2) is 9.37 Å².